The van der Waals surface area contributed by atoms with Crippen LogP contribution in [-0.2, 0) is 17.8 Å². The quantitative estimate of drug-likeness (QED) is 0.794. The highest BCUT2D eigenvalue weighted by molar-refractivity contribution is 5.90. The molecule has 0 bridgehead atoms. The summed E-state index contributed by atoms with van der Waals surface area (Å²) in [6, 6.07) is 7.02. The molecule has 23 heavy (non-hydrogen) atoms. The molecule has 0 saturated carbocycles. The van der Waals surface area contributed by atoms with Gasteiger partial charge in [0.1, 0.15) is 6.54 Å². The Kier molecular flexibility index (Phi) is 3.92. The zero-order valence-corrected chi connectivity index (χ0v) is 12.9. The second-order valence-corrected chi connectivity index (χ2v) is 5.18. The fourth-order valence-electron chi connectivity index (χ4n) is 2.35. The van der Waals surface area contributed by atoms with Gasteiger partial charge < -0.3 is 4.52 Å². The SMILES string of the molecule is CCc1noc(NC(=O)Cn2cnc3ccccc3c2=O)c1C. The molecular formula is C16H16N4O3. The molecule has 0 aliphatic carbocycles. The highest BCUT2D eigenvalue weighted by Gasteiger charge is 2.14. The number of para-hydroxylation sites is 1. The maximum absolute atomic E-state index is 12.3. The van der Waals surface area contributed by atoms with E-state index in [-0.39, 0.29) is 18.0 Å². The van der Waals surface area contributed by atoms with Gasteiger partial charge in [0.05, 0.1) is 22.9 Å². The van der Waals surface area contributed by atoms with Crippen LogP contribution in [0.1, 0.15) is 18.2 Å². The van der Waals surface area contributed by atoms with E-state index >= 15 is 0 Å². The van der Waals surface area contributed by atoms with Gasteiger partial charge in [-0.3, -0.25) is 19.5 Å². The van der Waals surface area contributed by atoms with Crippen molar-refractivity contribution >= 4 is 22.7 Å². The van der Waals surface area contributed by atoms with Crippen molar-refractivity contribution in [3.63, 3.8) is 0 Å². The monoisotopic (exact) mass is 312 g/mol. The minimum atomic E-state index is -0.369. The Balaban J connectivity index is 1.81. The molecule has 2 heterocycles. The Morgan fingerprint density at radius 1 is 1.35 bits per heavy atom. The van der Waals surface area contributed by atoms with Crippen LogP contribution in [0.4, 0.5) is 5.88 Å². The van der Waals surface area contributed by atoms with E-state index in [0.717, 1.165) is 17.7 Å². The van der Waals surface area contributed by atoms with Gasteiger partial charge in [-0.2, -0.15) is 0 Å². The molecule has 0 spiro atoms. The molecule has 0 atom stereocenters. The van der Waals surface area contributed by atoms with Crippen LogP contribution in [-0.4, -0.2) is 20.6 Å². The molecule has 0 unspecified atom stereocenters. The van der Waals surface area contributed by atoms with Gasteiger partial charge in [0.2, 0.25) is 11.8 Å². The standard InChI is InChI=1S/C16H16N4O3/c1-3-12-10(2)15(23-19-12)18-14(21)8-20-9-17-13-7-5-4-6-11(13)16(20)22/h4-7,9H,3,8H2,1-2H3,(H,18,21). The largest absolute Gasteiger partial charge is 0.338 e. The van der Waals surface area contributed by atoms with Crippen LogP contribution in [0.3, 0.4) is 0 Å². The van der Waals surface area contributed by atoms with Gasteiger partial charge in [-0.25, -0.2) is 4.98 Å². The number of aromatic nitrogens is 3. The Hall–Kier alpha value is -2.96. The van der Waals surface area contributed by atoms with E-state index < -0.39 is 0 Å². The van der Waals surface area contributed by atoms with Crippen LogP contribution < -0.4 is 10.9 Å². The van der Waals surface area contributed by atoms with E-state index in [0.29, 0.717) is 16.8 Å². The predicted octanol–water partition coefficient (Wildman–Crippen LogP) is 1.89. The lowest BCUT2D eigenvalue weighted by molar-refractivity contribution is -0.116. The van der Waals surface area contributed by atoms with Crippen molar-refractivity contribution < 1.29 is 9.32 Å². The molecule has 3 rings (SSSR count). The number of rotatable bonds is 4. The fourth-order valence-corrected chi connectivity index (χ4v) is 2.35. The first-order chi connectivity index (χ1) is 11.1. The first kappa shape index (κ1) is 15.0. The maximum Gasteiger partial charge on any atom is 0.261 e. The fraction of sp³-hybridized carbons (Fsp3) is 0.250. The van der Waals surface area contributed by atoms with E-state index in [9.17, 15) is 9.59 Å². The summed E-state index contributed by atoms with van der Waals surface area (Å²) in [4.78, 5) is 28.7. The number of nitrogens with one attached hydrogen (secondary N) is 1. The molecule has 2 aromatic heterocycles. The third-order valence-corrected chi connectivity index (χ3v) is 3.65. The third kappa shape index (κ3) is 2.85. The van der Waals surface area contributed by atoms with Crippen molar-refractivity contribution in [3.8, 4) is 0 Å². The van der Waals surface area contributed by atoms with Crippen molar-refractivity contribution in [2.24, 2.45) is 0 Å². The van der Waals surface area contributed by atoms with Crippen molar-refractivity contribution in [1.29, 1.82) is 0 Å². The summed E-state index contributed by atoms with van der Waals surface area (Å²) in [5.41, 5.74) is 1.94. The minimum Gasteiger partial charge on any atom is -0.338 e. The number of carbonyl (C=O) groups excluding carboxylic acids is 1. The normalized spacial score (nSPS) is 10.9. The molecule has 1 aromatic carbocycles. The number of fused-ring (bicyclic) bond motifs is 1. The lowest BCUT2D eigenvalue weighted by Gasteiger charge is -2.06. The van der Waals surface area contributed by atoms with Crippen LogP contribution >= 0.6 is 0 Å². The van der Waals surface area contributed by atoms with Crippen molar-refractivity contribution in [3.05, 3.63) is 52.2 Å². The molecule has 0 aliphatic heterocycles. The summed E-state index contributed by atoms with van der Waals surface area (Å²) in [5, 5.41) is 6.99. The molecule has 0 saturated heterocycles. The number of carbonyl (C=O) groups is 1. The first-order valence-electron chi connectivity index (χ1n) is 7.29. The van der Waals surface area contributed by atoms with Gasteiger partial charge >= 0.3 is 0 Å². The molecule has 7 nitrogen and oxygen atoms in total. The molecule has 3 aromatic rings. The zero-order chi connectivity index (χ0) is 16.4. The van der Waals surface area contributed by atoms with Crippen LogP contribution in [0, 0.1) is 6.92 Å². The number of hydrogen-bond donors (Lipinski definition) is 1. The van der Waals surface area contributed by atoms with Crippen molar-refractivity contribution in [2.75, 3.05) is 5.32 Å². The Morgan fingerprint density at radius 3 is 2.87 bits per heavy atom. The number of aryl methyl sites for hydroxylation is 1. The summed E-state index contributed by atoms with van der Waals surface area (Å²) in [5.74, 6) is -0.0558. The van der Waals surface area contributed by atoms with Gasteiger partial charge in [0.15, 0.2) is 0 Å². The topological polar surface area (TPSA) is 90.0 Å². The van der Waals surface area contributed by atoms with Gasteiger partial charge in [-0.05, 0) is 25.5 Å². The predicted molar refractivity (Wildman–Crippen MR) is 85.3 cm³/mol. The van der Waals surface area contributed by atoms with Crippen LogP contribution in [0.5, 0.6) is 0 Å². The van der Waals surface area contributed by atoms with Gasteiger partial charge in [-0.1, -0.05) is 24.2 Å². The molecule has 0 radical (unpaired) electrons. The lowest BCUT2D eigenvalue weighted by atomic mass is 10.2. The van der Waals surface area contributed by atoms with Crippen LogP contribution in [0.15, 0.2) is 39.9 Å². The first-order valence-corrected chi connectivity index (χ1v) is 7.29. The maximum atomic E-state index is 12.3. The zero-order valence-electron chi connectivity index (χ0n) is 12.9. The second kappa shape index (κ2) is 6.04. The molecule has 0 fully saturated rings. The number of benzene rings is 1. The average Bonchev–Trinajstić information content (AvgIpc) is 2.90. The number of nitrogens with zero attached hydrogens (tertiary/aromatic N) is 3. The third-order valence-electron chi connectivity index (χ3n) is 3.65. The van der Waals surface area contributed by atoms with Gasteiger partial charge in [0, 0.05) is 5.56 Å². The number of amides is 1. The minimum absolute atomic E-state index is 0.141. The molecular weight excluding hydrogens is 296 g/mol. The van der Waals surface area contributed by atoms with E-state index in [1.807, 2.05) is 19.9 Å². The van der Waals surface area contributed by atoms with E-state index in [4.69, 9.17) is 4.52 Å². The highest BCUT2D eigenvalue weighted by atomic mass is 16.5. The molecule has 118 valence electrons. The molecule has 7 heteroatoms. The molecule has 0 aliphatic rings. The number of hydrogen-bond acceptors (Lipinski definition) is 5. The Bertz CT molecular complexity index is 926. The van der Waals surface area contributed by atoms with E-state index in [1.54, 1.807) is 18.2 Å². The highest BCUT2D eigenvalue weighted by Crippen LogP contribution is 2.18. The second-order valence-electron chi connectivity index (χ2n) is 5.18. The van der Waals surface area contributed by atoms with Crippen molar-refractivity contribution in [1.82, 2.24) is 14.7 Å². The summed E-state index contributed by atoms with van der Waals surface area (Å²) in [6.07, 6.45) is 2.09. The summed E-state index contributed by atoms with van der Waals surface area (Å²) in [6.45, 7) is 3.64. The summed E-state index contributed by atoms with van der Waals surface area (Å²) in [7, 11) is 0. The Labute approximate surface area is 131 Å². The number of anilines is 1. The van der Waals surface area contributed by atoms with E-state index in [1.165, 1.54) is 10.9 Å². The lowest BCUT2D eigenvalue weighted by Crippen LogP contribution is -2.27. The van der Waals surface area contributed by atoms with E-state index in [2.05, 4.69) is 15.5 Å². The smallest absolute Gasteiger partial charge is 0.261 e. The van der Waals surface area contributed by atoms with Gasteiger partial charge in [0.25, 0.3) is 5.56 Å². The van der Waals surface area contributed by atoms with Crippen LogP contribution in [0.2, 0.25) is 0 Å². The summed E-state index contributed by atoms with van der Waals surface area (Å²) >= 11 is 0. The van der Waals surface area contributed by atoms with Crippen molar-refractivity contribution in [2.45, 2.75) is 26.8 Å². The Morgan fingerprint density at radius 2 is 2.13 bits per heavy atom. The van der Waals surface area contributed by atoms with Gasteiger partial charge in [-0.15, -0.1) is 0 Å². The van der Waals surface area contributed by atoms with Crippen LogP contribution in [0.25, 0.3) is 10.9 Å². The molecule has 1 amide bonds. The average molecular weight is 312 g/mol. The summed E-state index contributed by atoms with van der Waals surface area (Å²) < 4.78 is 6.38. The molecule has 1 N–H and O–H groups in total.